The lowest BCUT2D eigenvalue weighted by Gasteiger charge is -2.36. The number of fused-ring (bicyclic) bond motifs is 3. The van der Waals surface area contributed by atoms with Gasteiger partial charge in [0.05, 0.1) is 6.04 Å². The Bertz CT molecular complexity index is 1280. The maximum Gasteiger partial charge on any atom is 0.322 e. The Hall–Kier alpha value is -3.67. The second kappa shape index (κ2) is 7.54. The highest BCUT2D eigenvalue weighted by atomic mass is 19.1. The third-order valence-corrected chi connectivity index (χ3v) is 5.83. The summed E-state index contributed by atoms with van der Waals surface area (Å²) >= 11 is 0. The van der Waals surface area contributed by atoms with E-state index in [0.29, 0.717) is 13.0 Å². The zero-order valence-electron chi connectivity index (χ0n) is 17.4. The molecule has 1 unspecified atom stereocenters. The number of aryl methyl sites for hydroxylation is 2. The number of anilines is 1. The Morgan fingerprint density at radius 1 is 1.16 bits per heavy atom. The maximum absolute atomic E-state index is 14.1. The van der Waals surface area contributed by atoms with Crippen molar-refractivity contribution in [3.8, 4) is 0 Å². The van der Waals surface area contributed by atoms with Crippen LogP contribution in [-0.2, 0) is 6.42 Å². The molecule has 2 aromatic heterocycles. The lowest BCUT2D eigenvalue weighted by molar-refractivity contribution is 0.193. The van der Waals surface area contributed by atoms with Crippen LogP contribution in [0.2, 0.25) is 0 Å². The van der Waals surface area contributed by atoms with Crippen molar-refractivity contribution in [3.63, 3.8) is 0 Å². The van der Waals surface area contributed by atoms with Gasteiger partial charge in [-0.25, -0.2) is 9.18 Å². The van der Waals surface area contributed by atoms with Gasteiger partial charge in [0.25, 0.3) is 0 Å². The summed E-state index contributed by atoms with van der Waals surface area (Å²) in [5, 5.41) is 4.09. The second-order valence-electron chi connectivity index (χ2n) is 8.15. The fourth-order valence-corrected chi connectivity index (χ4v) is 4.61. The van der Waals surface area contributed by atoms with Crippen molar-refractivity contribution in [2.24, 2.45) is 0 Å². The third-order valence-electron chi connectivity index (χ3n) is 5.83. The van der Waals surface area contributed by atoms with Gasteiger partial charge >= 0.3 is 6.03 Å². The van der Waals surface area contributed by atoms with Crippen LogP contribution in [0, 0.1) is 19.7 Å². The first kappa shape index (κ1) is 19.3. The van der Waals surface area contributed by atoms with Gasteiger partial charge in [-0.05, 0) is 72.9 Å². The van der Waals surface area contributed by atoms with Crippen molar-refractivity contribution in [1.29, 1.82) is 0 Å². The molecule has 0 fully saturated rings. The van der Waals surface area contributed by atoms with Crippen molar-refractivity contribution in [2.45, 2.75) is 26.3 Å². The highest BCUT2D eigenvalue weighted by Gasteiger charge is 2.35. The maximum atomic E-state index is 14.1. The highest BCUT2D eigenvalue weighted by Crippen LogP contribution is 2.38. The molecule has 0 radical (unpaired) electrons. The van der Waals surface area contributed by atoms with E-state index in [4.69, 9.17) is 0 Å². The smallest absolute Gasteiger partial charge is 0.322 e. The normalized spacial score (nSPS) is 15.7. The third kappa shape index (κ3) is 3.54. The standard InChI is InChI=1S/C25H23FN4O/c1-15-10-16(2)12-19(11-15)28-25(31)30-9-7-20-21-14-27-8-6-22(21)29-23(20)24(30)17-4-3-5-18(26)13-17/h3-6,8,10-14,24,29H,7,9H2,1-2H3,(H,28,31). The number of nitrogens with zero attached hydrogens (tertiary/aromatic N) is 2. The summed E-state index contributed by atoms with van der Waals surface area (Å²) in [7, 11) is 0. The molecule has 3 heterocycles. The lowest BCUT2D eigenvalue weighted by atomic mass is 9.93. The van der Waals surface area contributed by atoms with E-state index in [0.717, 1.165) is 44.5 Å². The Morgan fingerprint density at radius 2 is 1.97 bits per heavy atom. The fraction of sp³-hybridized carbons (Fsp3) is 0.200. The predicted molar refractivity (Wildman–Crippen MR) is 120 cm³/mol. The van der Waals surface area contributed by atoms with Crippen LogP contribution in [0.4, 0.5) is 14.9 Å². The average Bonchev–Trinajstić information content (AvgIpc) is 3.11. The number of hydrogen-bond acceptors (Lipinski definition) is 2. The number of aromatic amines is 1. The van der Waals surface area contributed by atoms with E-state index in [9.17, 15) is 9.18 Å². The topological polar surface area (TPSA) is 61.0 Å². The minimum Gasteiger partial charge on any atom is -0.356 e. The van der Waals surface area contributed by atoms with E-state index in [1.165, 1.54) is 12.1 Å². The molecule has 0 saturated heterocycles. The molecule has 1 aliphatic rings. The van der Waals surface area contributed by atoms with Crippen LogP contribution in [0.15, 0.2) is 60.9 Å². The quantitative estimate of drug-likeness (QED) is 0.455. The molecule has 6 heteroatoms. The van der Waals surface area contributed by atoms with Crippen LogP contribution in [0.25, 0.3) is 10.9 Å². The number of rotatable bonds is 2. The number of halogens is 1. The highest BCUT2D eigenvalue weighted by molar-refractivity contribution is 5.91. The van der Waals surface area contributed by atoms with Gasteiger partial charge in [0, 0.05) is 41.2 Å². The van der Waals surface area contributed by atoms with Crippen LogP contribution in [0.5, 0.6) is 0 Å². The van der Waals surface area contributed by atoms with Gasteiger partial charge in [-0.3, -0.25) is 4.98 Å². The Kier molecular flexibility index (Phi) is 4.70. The summed E-state index contributed by atoms with van der Waals surface area (Å²) in [6, 6.07) is 13.7. The van der Waals surface area contributed by atoms with Gasteiger partial charge < -0.3 is 15.2 Å². The number of urea groups is 1. The molecule has 2 N–H and O–H groups in total. The van der Waals surface area contributed by atoms with E-state index in [-0.39, 0.29) is 11.8 Å². The van der Waals surface area contributed by atoms with E-state index >= 15 is 0 Å². The summed E-state index contributed by atoms with van der Waals surface area (Å²) in [5.41, 5.74) is 6.67. The zero-order chi connectivity index (χ0) is 21.5. The van der Waals surface area contributed by atoms with Crippen LogP contribution in [0.1, 0.15) is 34.0 Å². The van der Waals surface area contributed by atoms with E-state index in [1.54, 1.807) is 17.2 Å². The molecule has 2 aromatic carbocycles. The molecular formula is C25H23FN4O. The summed E-state index contributed by atoms with van der Waals surface area (Å²) in [6.07, 6.45) is 4.29. The summed E-state index contributed by atoms with van der Waals surface area (Å²) in [6.45, 7) is 4.53. The lowest BCUT2D eigenvalue weighted by Crippen LogP contribution is -2.43. The Morgan fingerprint density at radius 3 is 2.74 bits per heavy atom. The van der Waals surface area contributed by atoms with Crippen molar-refractivity contribution in [1.82, 2.24) is 14.9 Å². The SMILES string of the molecule is Cc1cc(C)cc(NC(=O)N2CCc3c([nH]c4ccncc34)C2c2cccc(F)c2)c1. The predicted octanol–water partition coefficient (Wildman–Crippen LogP) is 5.50. The molecule has 2 amide bonds. The molecule has 31 heavy (non-hydrogen) atoms. The van der Waals surface area contributed by atoms with Gasteiger partial charge in [0.2, 0.25) is 0 Å². The molecule has 5 nitrogen and oxygen atoms in total. The average molecular weight is 414 g/mol. The first-order valence-corrected chi connectivity index (χ1v) is 10.4. The van der Waals surface area contributed by atoms with Gasteiger partial charge in [-0.15, -0.1) is 0 Å². The summed E-state index contributed by atoms with van der Waals surface area (Å²) in [5.74, 6) is -0.322. The number of nitrogens with one attached hydrogen (secondary N) is 2. The van der Waals surface area contributed by atoms with E-state index in [1.807, 2.05) is 44.3 Å². The molecule has 156 valence electrons. The van der Waals surface area contributed by atoms with Crippen molar-refractivity contribution in [2.75, 3.05) is 11.9 Å². The van der Waals surface area contributed by atoms with Crippen LogP contribution >= 0.6 is 0 Å². The molecule has 0 bridgehead atoms. The minimum absolute atomic E-state index is 0.207. The molecule has 0 spiro atoms. The Balaban J connectivity index is 1.58. The fourth-order valence-electron chi connectivity index (χ4n) is 4.61. The van der Waals surface area contributed by atoms with Gasteiger partial charge in [-0.1, -0.05) is 18.2 Å². The number of H-pyrrole nitrogens is 1. The van der Waals surface area contributed by atoms with Crippen LogP contribution in [0.3, 0.4) is 0 Å². The number of benzene rings is 2. The van der Waals surface area contributed by atoms with Crippen molar-refractivity contribution in [3.05, 3.63) is 94.7 Å². The zero-order valence-corrected chi connectivity index (χ0v) is 17.4. The first-order valence-electron chi connectivity index (χ1n) is 10.4. The molecular weight excluding hydrogens is 391 g/mol. The monoisotopic (exact) mass is 414 g/mol. The number of amides is 2. The number of carbonyl (C=O) groups excluding carboxylic acids is 1. The van der Waals surface area contributed by atoms with Gasteiger partial charge in [-0.2, -0.15) is 0 Å². The molecule has 0 aliphatic carbocycles. The second-order valence-corrected chi connectivity index (χ2v) is 8.15. The van der Waals surface area contributed by atoms with E-state index < -0.39 is 6.04 Å². The van der Waals surface area contributed by atoms with Gasteiger partial charge in [0.15, 0.2) is 0 Å². The first-order chi connectivity index (χ1) is 15.0. The number of hydrogen-bond donors (Lipinski definition) is 2. The van der Waals surface area contributed by atoms with Crippen LogP contribution in [-0.4, -0.2) is 27.4 Å². The Labute approximate surface area is 179 Å². The van der Waals surface area contributed by atoms with Crippen molar-refractivity contribution >= 4 is 22.6 Å². The molecule has 0 saturated carbocycles. The molecule has 1 atom stereocenters. The van der Waals surface area contributed by atoms with Crippen LogP contribution < -0.4 is 5.32 Å². The van der Waals surface area contributed by atoms with E-state index in [2.05, 4.69) is 21.4 Å². The molecule has 1 aliphatic heterocycles. The summed E-state index contributed by atoms with van der Waals surface area (Å²) in [4.78, 5) is 22.9. The molecule has 5 rings (SSSR count). The summed E-state index contributed by atoms with van der Waals surface area (Å²) < 4.78 is 14.1. The number of pyridine rings is 1. The number of carbonyl (C=O) groups is 1. The largest absolute Gasteiger partial charge is 0.356 e. The number of aromatic nitrogens is 2. The molecule has 4 aromatic rings. The van der Waals surface area contributed by atoms with Crippen molar-refractivity contribution < 1.29 is 9.18 Å². The minimum atomic E-state index is -0.419. The van der Waals surface area contributed by atoms with Gasteiger partial charge in [0.1, 0.15) is 5.82 Å².